The van der Waals surface area contributed by atoms with E-state index in [0.717, 1.165) is 11.1 Å². The van der Waals surface area contributed by atoms with Crippen molar-refractivity contribution in [2.24, 2.45) is 5.41 Å². The van der Waals surface area contributed by atoms with Gasteiger partial charge in [0.1, 0.15) is 17.5 Å². The number of methoxy groups -OCH3 is 1. The number of aromatic nitrogens is 1. The molecule has 11 heteroatoms. The quantitative estimate of drug-likeness (QED) is 0.370. The normalized spacial score (nSPS) is 23.1. The summed E-state index contributed by atoms with van der Waals surface area (Å²) in [7, 11) is 1.54. The van der Waals surface area contributed by atoms with E-state index in [0.29, 0.717) is 30.4 Å². The lowest BCUT2D eigenvalue weighted by Crippen LogP contribution is -2.54. The molecule has 2 aliphatic heterocycles. The van der Waals surface area contributed by atoms with Crippen LogP contribution in [-0.2, 0) is 4.79 Å². The number of carbonyl (C=O) groups is 2. The lowest BCUT2D eigenvalue weighted by atomic mass is 9.72. The van der Waals surface area contributed by atoms with E-state index in [2.05, 4.69) is 4.98 Å². The molecule has 2 saturated heterocycles. The van der Waals surface area contributed by atoms with Crippen molar-refractivity contribution in [2.45, 2.75) is 45.0 Å². The molecule has 4 rings (SSSR count). The van der Waals surface area contributed by atoms with Crippen molar-refractivity contribution < 1.29 is 39.5 Å². The smallest absolute Gasteiger partial charge is 0.339 e. The highest BCUT2D eigenvalue weighted by molar-refractivity contribution is 5.93. The summed E-state index contributed by atoms with van der Waals surface area (Å²) in [6.07, 6.45) is -0.855. The van der Waals surface area contributed by atoms with Gasteiger partial charge in [-0.25, -0.2) is 9.78 Å². The number of pyridine rings is 1. The first kappa shape index (κ1) is 27.6. The van der Waals surface area contributed by atoms with E-state index in [1.165, 1.54) is 12.0 Å². The van der Waals surface area contributed by atoms with Crippen LogP contribution in [0.4, 0.5) is 5.82 Å². The zero-order valence-corrected chi connectivity index (χ0v) is 22.0. The van der Waals surface area contributed by atoms with Crippen molar-refractivity contribution in [1.82, 2.24) is 9.88 Å². The number of anilines is 1. The Morgan fingerprint density at radius 3 is 2.50 bits per heavy atom. The number of benzene rings is 1. The number of aryl methyl sites for hydroxylation is 1. The second-order valence-electron chi connectivity index (χ2n) is 10.4. The molecule has 3 heterocycles. The fraction of sp³-hybridized carbons (Fsp3) is 0.519. The van der Waals surface area contributed by atoms with Crippen LogP contribution in [0.1, 0.15) is 41.3 Å². The number of aliphatic hydroxyl groups is 3. The van der Waals surface area contributed by atoms with Gasteiger partial charge in [-0.2, -0.15) is 0 Å². The van der Waals surface area contributed by atoms with Crippen LogP contribution in [0, 0.1) is 12.3 Å². The molecule has 11 nitrogen and oxygen atoms in total. The first-order valence-electron chi connectivity index (χ1n) is 12.5. The molecule has 4 atom stereocenters. The molecule has 0 saturated carbocycles. The summed E-state index contributed by atoms with van der Waals surface area (Å²) >= 11 is 0. The van der Waals surface area contributed by atoms with E-state index in [-0.39, 0.29) is 30.7 Å². The van der Waals surface area contributed by atoms with Crippen molar-refractivity contribution in [3.05, 3.63) is 47.2 Å². The number of nitrogens with zero attached hydrogens (tertiary/aromatic N) is 3. The van der Waals surface area contributed by atoms with Crippen LogP contribution in [0.3, 0.4) is 0 Å². The molecule has 206 valence electrons. The van der Waals surface area contributed by atoms with E-state index in [1.54, 1.807) is 32.2 Å². The van der Waals surface area contributed by atoms with Gasteiger partial charge < -0.3 is 39.7 Å². The van der Waals surface area contributed by atoms with Crippen molar-refractivity contribution >= 4 is 17.7 Å². The molecule has 1 aromatic heterocycles. The predicted octanol–water partition coefficient (Wildman–Crippen LogP) is 1.03. The Kier molecular flexibility index (Phi) is 7.82. The average molecular weight is 530 g/mol. The number of hydrogen-bond acceptors (Lipinski definition) is 9. The Labute approximate surface area is 221 Å². The maximum atomic E-state index is 12.6. The minimum atomic E-state index is -1.51. The maximum Gasteiger partial charge on any atom is 0.339 e. The van der Waals surface area contributed by atoms with Gasteiger partial charge in [0.2, 0.25) is 0 Å². The van der Waals surface area contributed by atoms with Gasteiger partial charge in [-0.15, -0.1) is 0 Å². The second-order valence-corrected chi connectivity index (χ2v) is 10.4. The molecule has 38 heavy (non-hydrogen) atoms. The second kappa shape index (κ2) is 10.8. The summed E-state index contributed by atoms with van der Waals surface area (Å²) in [6, 6.07) is 7.09. The fourth-order valence-corrected chi connectivity index (χ4v) is 5.22. The SMILES string of the molecule is COc1ccc([C@@H]2CN(C(=O)[C@@H](O)CO)C[C@@]2(C)[C@@H](C)O)cc1OC1CN(c2ncc(C)cc2C(=O)O)C1. The molecule has 1 amide bonds. The lowest BCUT2D eigenvalue weighted by molar-refractivity contribution is -0.141. The topological polar surface area (TPSA) is 153 Å². The molecule has 4 N–H and O–H groups in total. The van der Waals surface area contributed by atoms with Crippen LogP contribution in [-0.4, -0.2) is 100 Å². The Morgan fingerprint density at radius 1 is 1.18 bits per heavy atom. The van der Waals surface area contributed by atoms with Gasteiger partial charge in [0.25, 0.3) is 5.91 Å². The third-order valence-electron chi connectivity index (χ3n) is 7.72. The number of carboxylic acids is 1. The van der Waals surface area contributed by atoms with Crippen LogP contribution in [0.2, 0.25) is 0 Å². The monoisotopic (exact) mass is 529 g/mol. The summed E-state index contributed by atoms with van der Waals surface area (Å²) in [6.45, 7) is 6.07. The van der Waals surface area contributed by atoms with Gasteiger partial charge in [-0.1, -0.05) is 13.0 Å². The lowest BCUT2D eigenvalue weighted by Gasteiger charge is -2.40. The van der Waals surface area contributed by atoms with Crippen molar-refractivity contribution in [1.29, 1.82) is 0 Å². The molecule has 2 aromatic rings. The molecular formula is C27H35N3O8. The molecule has 0 bridgehead atoms. The van der Waals surface area contributed by atoms with Crippen molar-refractivity contribution in [2.75, 3.05) is 44.8 Å². The molecule has 0 spiro atoms. The minimum Gasteiger partial charge on any atom is -0.493 e. The highest BCUT2D eigenvalue weighted by Gasteiger charge is 2.49. The molecule has 1 aromatic carbocycles. The van der Waals surface area contributed by atoms with Gasteiger partial charge in [-0.3, -0.25) is 4.79 Å². The standard InChI is InChI=1S/C27H35N3O8/c1-15-7-19(26(35)36)24(28-9-15)29-10-18(11-29)38-23-8-17(5-6-22(23)37-4)20-12-30(25(34)21(33)13-31)14-27(20,3)16(2)32/h5-9,16,18,20-21,31-33H,10-14H2,1-4H3,(H,35,36)/t16-,20+,21+,27+/m1/s1. The highest BCUT2D eigenvalue weighted by atomic mass is 16.5. The Bertz CT molecular complexity index is 1200. The Morgan fingerprint density at radius 2 is 1.89 bits per heavy atom. The van der Waals surface area contributed by atoms with E-state index in [1.807, 2.05) is 24.0 Å². The third-order valence-corrected chi connectivity index (χ3v) is 7.72. The van der Waals surface area contributed by atoms with Crippen LogP contribution < -0.4 is 14.4 Å². The van der Waals surface area contributed by atoms with E-state index in [4.69, 9.17) is 9.47 Å². The van der Waals surface area contributed by atoms with Gasteiger partial charge in [0.05, 0.1) is 32.9 Å². The van der Waals surface area contributed by atoms with Crippen LogP contribution in [0.5, 0.6) is 11.5 Å². The first-order chi connectivity index (χ1) is 18.0. The molecular weight excluding hydrogens is 494 g/mol. The predicted molar refractivity (Wildman–Crippen MR) is 138 cm³/mol. The number of likely N-dealkylation sites (tertiary alicyclic amines) is 1. The van der Waals surface area contributed by atoms with Crippen molar-refractivity contribution in [3.63, 3.8) is 0 Å². The summed E-state index contributed by atoms with van der Waals surface area (Å²) < 4.78 is 11.8. The average Bonchev–Trinajstić information content (AvgIpc) is 3.23. The summed E-state index contributed by atoms with van der Waals surface area (Å²) in [5.41, 5.74) is 1.05. The van der Waals surface area contributed by atoms with Gasteiger partial charge in [-0.05, 0) is 43.2 Å². The Balaban J connectivity index is 1.54. The zero-order valence-electron chi connectivity index (χ0n) is 22.0. The maximum absolute atomic E-state index is 12.6. The largest absolute Gasteiger partial charge is 0.493 e. The van der Waals surface area contributed by atoms with Crippen LogP contribution in [0.25, 0.3) is 0 Å². The zero-order chi connectivity index (χ0) is 27.8. The molecule has 0 radical (unpaired) electrons. The van der Waals surface area contributed by atoms with E-state index in [9.17, 15) is 30.0 Å². The van der Waals surface area contributed by atoms with Gasteiger partial charge in [0, 0.05) is 30.6 Å². The number of ether oxygens (including phenoxy) is 2. The fourth-order valence-electron chi connectivity index (χ4n) is 5.22. The number of carbonyl (C=O) groups excluding carboxylic acids is 1. The summed E-state index contributed by atoms with van der Waals surface area (Å²) in [4.78, 5) is 31.9. The van der Waals surface area contributed by atoms with Crippen molar-refractivity contribution in [3.8, 4) is 11.5 Å². The number of aromatic carboxylic acids is 1. The highest BCUT2D eigenvalue weighted by Crippen LogP contribution is 2.47. The van der Waals surface area contributed by atoms with Crippen LogP contribution >= 0.6 is 0 Å². The molecule has 0 aliphatic carbocycles. The number of rotatable bonds is 9. The van der Waals surface area contributed by atoms with Gasteiger partial charge in [0.15, 0.2) is 17.6 Å². The Hall–Kier alpha value is -3.41. The van der Waals surface area contributed by atoms with Gasteiger partial charge >= 0.3 is 5.97 Å². The van der Waals surface area contributed by atoms with E-state index < -0.39 is 36.1 Å². The summed E-state index contributed by atoms with van der Waals surface area (Å²) in [5.74, 6) is -0.459. The molecule has 2 fully saturated rings. The minimum absolute atomic E-state index is 0.145. The number of amides is 1. The third kappa shape index (κ3) is 5.13. The van der Waals surface area contributed by atoms with Crippen LogP contribution in [0.15, 0.2) is 30.5 Å². The number of carboxylic acid groups (broad SMARTS) is 1. The molecule has 2 aliphatic rings. The number of aliphatic hydroxyl groups excluding tert-OH is 3. The number of hydrogen-bond donors (Lipinski definition) is 4. The first-order valence-corrected chi connectivity index (χ1v) is 12.5. The molecule has 0 unspecified atom stereocenters. The van der Waals surface area contributed by atoms with E-state index >= 15 is 0 Å². The summed E-state index contributed by atoms with van der Waals surface area (Å²) in [5, 5.41) is 39.3.